The SMILES string of the molecule is COC(=O)C1C=CN(C(=O)OC(C)(C)C)CCC(C)C(C(=O)OC(C)(C)C)C1. The number of amides is 1. The Morgan fingerprint density at radius 1 is 0.964 bits per heavy atom. The van der Waals surface area contributed by atoms with E-state index in [1.54, 1.807) is 33.0 Å². The van der Waals surface area contributed by atoms with Crippen molar-refractivity contribution in [3.63, 3.8) is 0 Å². The molecule has 7 heteroatoms. The van der Waals surface area contributed by atoms with E-state index < -0.39 is 35.1 Å². The fourth-order valence-electron chi connectivity index (χ4n) is 2.92. The lowest BCUT2D eigenvalue weighted by Gasteiger charge is -2.29. The lowest BCUT2D eigenvalue weighted by molar-refractivity contribution is -0.163. The molecule has 0 aromatic heterocycles. The summed E-state index contributed by atoms with van der Waals surface area (Å²) in [5.74, 6) is -2.03. The van der Waals surface area contributed by atoms with Crippen molar-refractivity contribution in [3.05, 3.63) is 12.3 Å². The molecule has 3 unspecified atom stereocenters. The Hall–Kier alpha value is -2.05. The summed E-state index contributed by atoms with van der Waals surface area (Å²) in [7, 11) is 1.31. The third-order valence-corrected chi connectivity index (χ3v) is 4.36. The van der Waals surface area contributed by atoms with Crippen LogP contribution in [0.4, 0.5) is 4.79 Å². The van der Waals surface area contributed by atoms with Gasteiger partial charge in [-0.2, -0.15) is 0 Å². The van der Waals surface area contributed by atoms with Crippen LogP contribution in [0.1, 0.15) is 61.3 Å². The molecule has 0 aliphatic carbocycles. The van der Waals surface area contributed by atoms with E-state index in [1.807, 2.05) is 27.7 Å². The quantitative estimate of drug-likeness (QED) is 0.519. The molecule has 0 radical (unpaired) electrons. The van der Waals surface area contributed by atoms with Gasteiger partial charge in [0.05, 0.1) is 18.9 Å². The first kappa shape index (κ1) is 24.0. The van der Waals surface area contributed by atoms with Crippen LogP contribution in [0.5, 0.6) is 0 Å². The largest absolute Gasteiger partial charge is 0.469 e. The molecule has 0 bridgehead atoms. The second-order valence-corrected chi connectivity index (χ2v) is 9.29. The topological polar surface area (TPSA) is 82.1 Å². The van der Waals surface area contributed by atoms with Crippen molar-refractivity contribution in [3.8, 4) is 0 Å². The Balaban J connectivity index is 3.11. The molecule has 0 aromatic rings. The summed E-state index contributed by atoms with van der Waals surface area (Å²) in [5.41, 5.74) is -1.25. The highest BCUT2D eigenvalue weighted by molar-refractivity contribution is 5.78. The third kappa shape index (κ3) is 7.90. The van der Waals surface area contributed by atoms with Gasteiger partial charge >= 0.3 is 18.0 Å². The minimum Gasteiger partial charge on any atom is -0.469 e. The van der Waals surface area contributed by atoms with E-state index in [9.17, 15) is 14.4 Å². The van der Waals surface area contributed by atoms with Crippen molar-refractivity contribution in [2.24, 2.45) is 17.8 Å². The highest BCUT2D eigenvalue weighted by atomic mass is 16.6. The Kier molecular flexibility index (Phi) is 8.08. The molecule has 0 spiro atoms. The van der Waals surface area contributed by atoms with Crippen LogP contribution in [0.25, 0.3) is 0 Å². The van der Waals surface area contributed by atoms with E-state index in [2.05, 4.69) is 0 Å². The zero-order chi connectivity index (χ0) is 21.7. The summed E-state index contributed by atoms with van der Waals surface area (Å²) in [6, 6.07) is 0. The minimum atomic E-state index is -0.659. The van der Waals surface area contributed by atoms with Crippen LogP contribution in [-0.2, 0) is 23.8 Å². The highest BCUT2D eigenvalue weighted by Crippen LogP contribution is 2.30. The number of nitrogens with zero attached hydrogens (tertiary/aromatic N) is 1. The zero-order valence-electron chi connectivity index (χ0n) is 18.4. The van der Waals surface area contributed by atoms with Gasteiger partial charge in [-0.25, -0.2) is 4.79 Å². The van der Waals surface area contributed by atoms with Gasteiger partial charge in [0.2, 0.25) is 0 Å². The van der Waals surface area contributed by atoms with Gasteiger partial charge in [-0.3, -0.25) is 14.5 Å². The van der Waals surface area contributed by atoms with Crippen molar-refractivity contribution < 1.29 is 28.6 Å². The highest BCUT2D eigenvalue weighted by Gasteiger charge is 2.35. The van der Waals surface area contributed by atoms with Gasteiger partial charge in [-0.15, -0.1) is 0 Å². The molecule has 0 fully saturated rings. The fraction of sp³-hybridized carbons (Fsp3) is 0.762. The van der Waals surface area contributed by atoms with Gasteiger partial charge in [0.25, 0.3) is 0 Å². The molecular formula is C21H35NO6. The summed E-state index contributed by atoms with van der Waals surface area (Å²) in [6.45, 7) is 13.1. The predicted octanol–water partition coefficient (Wildman–Crippen LogP) is 3.91. The molecule has 7 nitrogen and oxygen atoms in total. The molecule has 0 saturated carbocycles. The van der Waals surface area contributed by atoms with Gasteiger partial charge in [0.1, 0.15) is 11.2 Å². The summed E-state index contributed by atoms with van der Waals surface area (Å²) in [4.78, 5) is 38.9. The number of methoxy groups -OCH3 is 1. The van der Waals surface area contributed by atoms with Crippen LogP contribution in [0.3, 0.4) is 0 Å². The van der Waals surface area contributed by atoms with Crippen LogP contribution < -0.4 is 0 Å². The van der Waals surface area contributed by atoms with E-state index >= 15 is 0 Å². The summed E-state index contributed by atoms with van der Waals surface area (Å²) >= 11 is 0. The Bertz CT molecular complexity index is 599. The Morgan fingerprint density at radius 3 is 2.04 bits per heavy atom. The minimum absolute atomic E-state index is 0.0909. The van der Waals surface area contributed by atoms with Gasteiger partial charge < -0.3 is 14.2 Å². The first-order chi connectivity index (χ1) is 12.7. The third-order valence-electron chi connectivity index (χ3n) is 4.36. The number of esters is 2. The van der Waals surface area contributed by atoms with Crippen LogP contribution in [0.2, 0.25) is 0 Å². The molecular weight excluding hydrogens is 362 g/mol. The summed E-state index contributed by atoms with van der Waals surface area (Å²) < 4.78 is 15.9. The second kappa shape index (κ2) is 9.43. The number of carbonyl (C=O) groups is 3. The van der Waals surface area contributed by atoms with Crippen LogP contribution in [0.15, 0.2) is 12.3 Å². The molecule has 1 amide bonds. The molecule has 0 N–H and O–H groups in total. The van der Waals surface area contributed by atoms with Crippen LogP contribution in [0, 0.1) is 17.8 Å². The molecule has 1 aliphatic rings. The van der Waals surface area contributed by atoms with Crippen LogP contribution in [-0.4, -0.2) is 47.8 Å². The zero-order valence-corrected chi connectivity index (χ0v) is 18.4. The second-order valence-electron chi connectivity index (χ2n) is 9.29. The maximum absolute atomic E-state index is 12.8. The molecule has 1 heterocycles. The summed E-state index contributed by atoms with van der Waals surface area (Å²) in [6.07, 6.45) is 3.50. The lowest BCUT2D eigenvalue weighted by atomic mass is 9.83. The van der Waals surface area contributed by atoms with Crippen molar-refractivity contribution >= 4 is 18.0 Å². The number of ether oxygens (including phenoxy) is 3. The van der Waals surface area contributed by atoms with Gasteiger partial charge in [-0.1, -0.05) is 13.0 Å². The van der Waals surface area contributed by atoms with Crippen molar-refractivity contribution in [2.45, 2.75) is 72.5 Å². The lowest BCUT2D eigenvalue weighted by Crippen LogP contribution is -2.36. The number of rotatable bonds is 2. The van der Waals surface area contributed by atoms with Crippen molar-refractivity contribution in [2.75, 3.05) is 13.7 Å². The van der Waals surface area contributed by atoms with E-state index in [1.165, 1.54) is 12.0 Å². The molecule has 28 heavy (non-hydrogen) atoms. The number of hydrogen-bond acceptors (Lipinski definition) is 6. The van der Waals surface area contributed by atoms with Gasteiger partial charge in [0.15, 0.2) is 0 Å². The monoisotopic (exact) mass is 397 g/mol. The molecule has 1 rings (SSSR count). The maximum atomic E-state index is 12.8. The number of carbonyl (C=O) groups excluding carboxylic acids is 3. The average molecular weight is 398 g/mol. The Morgan fingerprint density at radius 2 is 1.54 bits per heavy atom. The average Bonchev–Trinajstić information content (AvgIpc) is 2.60. The summed E-state index contributed by atoms with van der Waals surface area (Å²) in [5, 5.41) is 0. The van der Waals surface area contributed by atoms with Gasteiger partial charge in [0, 0.05) is 12.7 Å². The normalized spacial score (nSPS) is 23.9. The molecule has 0 saturated heterocycles. The van der Waals surface area contributed by atoms with E-state index in [4.69, 9.17) is 14.2 Å². The van der Waals surface area contributed by atoms with Crippen molar-refractivity contribution in [1.29, 1.82) is 0 Å². The standard InChI is InChI=1S/C21H35NO6/c1-14-9-11-22(19(25)28-21(5,6)7)12-10-15(17(23)26-8)13-16(14)18(24)27-20(2,3)4/h10,12,14-16H,9,11,13H2,1-8H3. The van der Waals surface area contributed by atoms with Crippen molar-refractivity contribution in [1.82, 2.24) is 4.90 Å². The molecule has 1 aliphatic heterocycles. The number of hydrogen-bond donors (Lipinski definition) is 0. The van der Waals surface area contributed by atoms with E-state index in [0.29, 0.717) is 13.0 Å². The smallest absolute Gasteiger partial charge is 0.414 e. The maximum Gasteiger partial charge on any atom is 0.414 e. The fourth-order valence-corrected chi connectivity index (χ4v) is 2.92. The van der Waals surface area contributed by atoms with Crippen LogP contribution >= 0.6 is 0 Å². The molecule has 160 valence electrons. The van der Waals surface area contributed by atoms with E-state index in [0.717, 1.165) is 0 Å². The predicted molar refractivity (Wildman–Crippen MR) is 105 cm³/mol. The first-order valence-electron chi connectivity index (χ1n) is 9.72. The molecule has 3 atom stereocenters. The Labute approximate surface area is 168 Å². The van der Waals surface area contributed by atoms with E-state index in [-0.39, 0.29) is 18.3 Å². The molecule has 0 aromatic carbocycles. The first-order valence-corrected chi connectivity index (χ1v) is 9.72. The van der Waals surface area contributed by atoms with Gasteiger partial charge in [-0.05, 0) is 60.3 Å².